The topological polar surface area (TPSA) is 80.4 Å². The van der Waals surface area contributed by atoms with Crippen molar-refractivity contribution in [2.24, 2.45) is 0 Å². The van der Waals surface area contributed by atoms with Crippen molar-refractivity contribution in [2.45, 2.75) is 0 Å². The van der Waals surface area contributed by atoms with E-state index in [1.54, 1.807) is 6.20 Å². The van der Waals surface area contributed by atoms with Gasteiger partial charge >= 0.3 is 0 Å². The monoisotopic (exact) mass is 173 g/mol. The van der Waals surface area contributed by atoms with Gasteiger partial charge in [0.25, 0.3) is 5.56 Å². The molecule has 0 aliphatic heterocycles. The minimum absolute atomic E-state index is 0.0249. The standard InChI is InChI=1S/C9H7NO.N2/c11-9-8-4-2-1-3-7(8)5-6-10-9;1-2/h1-6H,(H,10,11);. The number of fused-ring (bicyclic) bond motifs is 1. The molecule has 4 nitrogen and oxygen atoms in total. The summed E-state index contributed by atoms with van der Waals surface area (Å²) in [5, 5.41) is 13.7. The van der Waals surface area contributed by atoms with Crippen LogP contribution >= 0.6 is 0 Å². The smallest absolute Gasteiger partial charge is 0.255 e. The Morgan fingerprint density at radius 2 is 1.77 bits per heavy atom. The van der Waals surface area contributed by atoms with E-state index in [0.717, 1.165) is 10.8 Å². The maximum atomic E-state index is 11.1. The zero-order valence-electron chi connectivity index (χ0n) is 6.77. The van der Waals surface area contributed by atoms with Crippen molar-refractivity contribution in [1.82, 2.24) is 4.98 Å². The average Bonchev–Trinajstić information content (AvgIpc) is 2.22. The van der Waals surface area contributed by atoms with Gasteiger partial charge in [0.05, 0.1) is 0 Å². The molecule has 0 spiro atoms. The summed E-state index contributed by atoms with van der Waals surface area (Å²) in [7, 11) is 0. The molecule has 0 unspecified atom stereocenters. The maximum Gasteiger partial charge on any atom is 0.255 e. The second-order valence-electron chi connectivity index (χ2n) is 2.39. The number of H-pyrrole nitrogens is 1. The average molecular weight is 173 g/mol. The van der Waals surface area contributed by atoms with E-state index in [0.29, 0.717) is 0 Å². The van der Waals surface area contributed by atoms with Crippen LogP contribution in [0.15, 0.2) is 41.3 Å². The third-order valence-corrected chi connectivity index (χ3v) is 1.68. The summed E-state index contributed by atoms with van der Waals surface area (Å²) in [5.41, 5.74) is -0.0249. The third kappa shape index (κ3) is 1.71. The number of rotatable bonds is 0. The zero-order valence-corrected chi connectivity index (χ0v) is 6.77. The second-order valence-corrected chi connectivity index (χ2v) is 2.39. The van der Waals surface area contributed by atoms with Crippen molar-refractivity contribution in [2.75, 3.05) is 0 Å². The van der Waals surface area contributed by atoms with Gasteiger partial charge in [0.2, 0.25) is 0 Å². The van der Waals surface area contributed by atoms with Crippen LogP contribution in [0.4, 0.5) is 0 Å². The number of nitrogens with zero attached hydrogens (tertiary/aromatic N) is 2. The van der Waals surface area contributed by atoms with Gasteiger partial charge in [-0.3, -0.25) is 4.79 Å². The van der Waals surface area contributed by atoms with Gasteiger partial charge in [-0.15, -0.1) is 0 Å². The molecule has 1 N–H and O–H groups in total. The summed E-state index contributed by atoms with van der Waals surface area (Å²) >= 11 is 0. The van der Waals surface area contributed by atoms with Crippen molar-refractivity contribution in [3.05, 3.63) is 46.9 Å². The Morgan fingerprint density at radius 1 is 1.08 bits per heavy atom. The lowest BCUT2D eigenvalue weighted by Crippen LogP contribution is -2.03. The summed E-state index contributed by atoms with van der Waals surface area (Å²) < 4.78 is 0. The van der Waals surface area contributed by atoms with Crippen molar-refractivity contribution >= 4 is 10.8 Å². The Bertz CT molecular complexity index is 467. The van der Waals surface area contributed by atoms with Crippen LogP contribution in [0.2, 0.25) is 0 Å². The first-order valence-electron chi connectivity index (χ1n) is 3.64. The summed E-state index contributed by atoms with van der Waals surface area (Å²) in [6.07, 6.45) is 1.66. The Labute approximate surface area is 74.3 Å². The number of hydrogen-bond acceptors (Lipinski definition) is 3. The molecule has 0 aliphatic carbocycles. The first-order chi connectivity index (χ1) is 6.38. The molecule has 0 atom stereocenters. The normalized spacial score (nSPS) is 8.77. The van der Waals surface area contributed by atoms with Crippen molar-refractivity contribution in [3.8, 4) is 0 Å². The van der Waals surface area contributed by atoms with Crippen LogP contribution in [-0.2, 0) is 0 Å². The highest BCUT2D eigenvalue weighted by atomic mass is 16.1. The molecule has 4 heteroatoms. The highest BCUT2D eigenvalue weighted by Crippen LogP contribution is 2.05. The van der Waals surface area contributed by atoms with E-state index in [2.05, 4.69) is 4.98 Å². The highest BCUT2D eigenvalue weighted by Gasteiger charge is 1.92. The molecule has 2 rings (SSSR count). The fraction of sp³-hybridized carbons (Fsp3) is 0. The largest absolute Gasteiger partial charge is 0.329 e. The van der Waals surface area contributed by atoms with Crippen molar-refractivity contribution in [1.29, 1.82) is 10.8 Å². The van der Waals surface area contributed by atoms with Crippen LogP contribution in [-0.4, -0.2) is 4.98 Å². The molecule has 1 heterocycles. The predicted molar refractivity (Wildman–Crippen MR) is 48.0 cm³/mol. The number of aromatic amines is 1. The van der Waals surface area contributed by atoms with E-state index < -0.39 is 0 Å². The molecule has 0 saturated heterocycles. The molecule has 13 heavy (non-hydrogen) atoms. The van der Waals surface area contributed by atoms with Gasteiger partial charge in [0, 0.05) is 22.4 Å². The summed E-state index contributed by atoms with van der Waals surface area (Å²) in [6, 6.07) is 9.40. The highest BCUT2D eigenvalue weighted by molar-refractivity contribution is 5.80. The van der Waals surface area contributed by atoms with Gasteiger partial charge < -0.3 is 4.98 Å². The number of nitrogens with one attached hydrogen (secondary N) is 1. The van der Waals surface area contributed by atoms with Crippen molar-refractivity contribution in [3.63, 3.8) is 0 Å². The van der Waals surface area contributed by atoms with Crippen molar-refractivity contribution < 1.29 is 0 Å². The van der Waals surface area contributed by atoms with E-state index in [1.807, 2.05) is 30.3 Å². The van der Waals surface area contributed by atoms with Crippen LogP contribution in [0, 0.1) is 10.8 Å². The molecule has 2 aromatic rings. The van der Waals surface area contributed by atoms with Gasteiger partial charge in [0.1, 0.15) is 0 Å². The third-order valence-electron chi connectivity index (χ3n) is 1.68. The summed E-state index contributed by atoms with van der Waals surface area (Å²) in [5.74, 6) is 0. The first kappa shape index (κ1) is 8.94. The van der Waals surface area contributed by atoms with Gasteiger partial charge in [-0.25, -0.2) is 0 Å². The number of benzene rings is 1. The molecule has 1 aromatic carbocycles. The van der Waals surface area contributed by atoms with E-state index in [9.17, 15) is 4.79 Å². The van der Waals surface area contributed by atoms with Crippen LogP contribution in [0.3, 0.4) is 0 Å². The number of pyridine rings is 1. The van der Waals surface area contributed by atoms with Gasteiger partial charge in [-0.1, -0.05) is 18.2 Å². The van der Waals surface area contributed by atoms with Gasteiger partial charge in [-0.05, 0) is 17.5 Å². The quantitative estimate of drug-likeness (QED) is 0.614. The maximum absolute atomic E-state index is 11.1. The molecule has 1 aromatic heterocycles. The van der Waals surface area contributed by atoms with E-state index in [4.69, 9.17) is 10.8 Å². The number of hydrogen-bond donors (Lipinski definition) is 1. The Morgan fingerprint density at radius 3 is 2.46 bits per heavy atom. The first-order valence-corrected chi connectivity index (χ1v) is 3.64. The molecule has 0 bridgehead atoms. The molecular weight excluding hydrogens is 166 g/mol. The lowest BCUT2D eigenvalue weighted by Gasteiger charge is -1.92. The SMILES string of the molecule is N#N.O=c1[nH]ccc2ccccc12. The van der Waals surface area contributed by atoms with Gasteiger partial charge in [0.15, 0.2) is 0 Å². The molecule has 0 radical (unpaired) electrons. The molecule has 0 fully saturated rings. The fourth-order valence-corrected chi connectivity index (χ4v) is 1.13. The zero-order chi connectivity index (χ0) is 9.68. The van der Waals surface area contributed by atoms with Crippen LogP contribution in [0.1, 0.15) is 0 Å². The second kappa shape index (κ2) is 4.02. The summed E-state index contributed by atoms with van der Waals surface area (Å²) in [6.45, 7) is 0. The fourth-order valence-electron chi connectivity index (χ4n) is 1.13. The molecule has 0 saturated carbocycles. The van der Waals surface area contributed by atoms with E-state index in [-0.39, 0.29) is 5.56 Å². The Kier molecular flexibility index (Phi) is 2.77. The predicted octanol–water partition coefficient (Wildman–Crippen LogP) is 1.56. The molecule has 0 amide bonds. The Balaban J connectivity index is 0.000000396. The van der Waals surface area contributed by atoms with E-state index in [1.165, 1.54) is 0 Å². The lowest BCUT2D eigenvalue weighted by atomic mass is 10.2. The van der Waals surface area contributed by atoms with Crippen LogP contribution in [0.25, 0.3) is 10.8 Å². The van der Waals surface area contributed by atoms with Crippen LogP contribution in [0.5, 0.6) is 0 Å². The lowest BCUT2D eigenvalue weighted by molar-refractivity contribution is 1.15. The van der Waals surface area contributed by atoms with Crippen LogP contribution < -0.4 is 5.56 Å². The van der Waals surface area contributed by atoms with E-state index >= 15 is 0 Å². The molecule has 0 aliphatic rings. The Hall–Kier alpha value is -2.15. The summed E-state index contributed by atoms with van der Waals surface area (Å²) in [4.78, 5) is 13.7. The number of aromatic nitrogens is 1. The minimum Gasteiger partial charge on any atom is -0.329 e. The van der Waals surface area contributed by atoms with Gasteiger partial charge in [-0.2, -0.15) is 0 Å². The molecule has 64 valence electrons. The minimum atomic E-state index is -0.0249. The molecular formula is C9H7N3O.